The van der Waals surface area contributed by atoms with E-state index in [0.29, 0.717) is 28.2 Å². The van der Waals surface area contributed by atoms with Gasteiger partial charge >= 0.3 is 0 Å². The Morgan fingerprint density at radius 3 is 2.58 bits per heavy atom. The number of carbonyl (C=O) groups excluding carboxylic acids is 3. The van der Waals surface area contributed by atoms with E-state index in [4.69, 9.17) is 21.1 Å². The number of hydrogen-bond acceptors (Lipinski definition) is 8. The van der Waals surface area contributed by atoms with Crippen molar-refractivity contribution in [3.63, 3.8) is 0 Å². The molecule has 1 saturated heterocycles. The van der Waals surface area contributed by atoms with Crippen molar-refractivity contribution >= 4 is 57.9 Å². The molecule has 3 amide bonds. The van der Waals surface area contributed by atoms with E-state index in [2.05, 4.69) is 5.32 Å². The molecule has 0 saturated carbocycles. The molecule has 0 aromatic heterocycles. The number of carbonyl (C=O) groups is 3. The van der Waals surface area contributed by atoms with Gasteiger partial charge in [0.1, 0.15) is 6.54 Å². The molecule has 10 nitrogen and oxygen atoms in total. The van der Waals surface area contributed by atoms with Gasteiger partial charge in [0.15, 0.2) is 11.5 Å². The van der Waals surface area contributed by atoms with Gasteiger partial charge in [-0.05, 0) is 48.2 Å². The molecular weight excluding hydrogens is 450 g/mol. The minimum absolute atomic E-state index is 0.0498. The minimum atomic E-state index is -0.728. The second-order valence-electron chi connectivity index (χ2n) is 6.34. The maximum atomic E-state index is 12.7. The van der Waals surface area contributed by atoms with Crippen LogP contribution in [0.4, 0.5) is 16.2 Å². The Kier molecular flexibility index (Phi) is 5.53. The highest BCUT2D eigenvalue weighted by molar-refractivity contribution is 8.18. The first-order valence-electron chi connectivity index (χ1n) is 8.70. The first-order chi connectivity index (χ1) is 14.8. The monoisotopic (exact) mass is 461 g/mol. The van der Waals surface area contributed by atoms with Gasteiger partial charge in [-0.15, -0.1) is 0 Å². The molecule has 0 spiro atoms. The van der Waals surface area contributed by atoms with Crippen molar-refractivity contribution in [1.29, 1.82) is 0 Å². The molecule has 158 valence electrons. The van der Waals surface area contributed by atoms with Crippen LogP contribution in [0, 0.1) is 10.1 Å². The van der Waals surface area contributed by atoms with Crippen LogP contribution in [-0.4, -0.2) is 40.2 Å². The number of nitro groups is 1. The van der Waals surface area contributed by atoms with Crippen LogP contribution in [0.2, 0.25) is 5.02 Å². The van der Waals surface area contributed by atoms with Crippen molar-refractivity contribution in [2.75, 3.05) is 18.7 Å². The number of rotatable bonds is 5. The van der Waals surface area contributed by atoms with Gasteiger partial charge in [0.05, 0.1) is 21.5 Å². The molecule has 0 radical (unpaired) electrons. The van der Waals surface area contributed by atoms with E-state index >= 15 is 0 Å². The van der Waals surface area contributed by atoms with Crippen molar-refractivity contribution < 1.29 is 28.8 Å². The second-order valence-corrected chi connectivity index (χ2v) is 7.77. The summed E-state index contributed by atoms with van der Waals surface area (Å²) in [5, 5.41) is 13.8. The molecule has 1 N–H and O–H groups in total. The fourth-order valence-corrected chi connectivity index (χ4v) is 3.83. The summed E-state index contributed by atoms with van der Waals surface area (Å²) >= 11 is 6.38. The van der Waals surface area contributed by atoms with Crippen LogP contribution >= 0.6 is 23.4 Å². The lowest BCUT2D eigenvalue weighted by atomic mass is 10.1. The number of nitro benzene ring substituents is 1. The smallest absolute Gasteiger partial charge is 0.294 e. The van der Waals surface area contributed by atoms with Crippen molar-refractivity contribution in [1.82, 2.24) is 4.90 Å². The Bertz CT molecular complexity index is 1150. The second kappa shape index (κ2) is 8.28. The predicted octanol–water partition coefficient (Wildman–Crippen LogP) is 3.65. The predicted molar refractivity (Wildman–Crippen MR) is 112 cm³/mol. The Balaban J connectivity index is 1.53. The van der Waals surface area contributed by atoms with Gasteiger partial charge in [0, 0.05) is 10.7 Å². The number of ether oxygens (including phenoxy) is 2. The number of fused-ring (bicyclic) bond motifs is 1. The molecule has 31 heavy (non-hydrogen) atoms. The molecule has 0 unspecified atom stereocenters. The average molecular weight is 462 g/mol. The van der Waals surface area contributed by atoms with Crippen molar-refractivity contribution in [3.8, 4) is 11.5 Å². The van der Waals surface area contributed by atoms with Crippen molar-refractivity contribution in [2.45, 2.75) is 0 Å². The summed E-state index contributed by atoms with van der Waals surface area (Å²) in [5.41, 5.74) is 0.217. The zero-order valence-electron chi connectivity index (χ0n) is 15.5. The number of thioether (sulfide) groups is 1. The molecule has 2 aliphatic rings. The topological polar surface area (TPSA) is 128 Å². The van der Waals surface area contributed by atoms with Gasteiger partial charge in [-0.1, -0.05) is 11.6 Å². The summed E-state index contributed by atoms with van der Waals surface area (Å²) in [5.74, 6) is -0.803. The van der Waals surface area contributed by atoms with Gasteiger partial charge < -0.3 is 14.8 Å². The summed E-state index contributed by atoms with van der Waals surface area (Å²) < 4.78 is 10.4. The molecular formula is C19H12ClN3O7S. The SMILES string of the molecule is O=C(CN1C(=O)S/C(=C\c2cc3c(cc2[N+](=O)[O-])OCO3)C1=O)Nc1ccc(Cl)cc1. The number of hydrogen-bond donors (Lipinski definition) is 1. The molecule has 2 heterocycles. The maximum absolute atomic E-state index is 12.7. The van der Waals surface area contributed by atoms with E-state index in [9.17, 15) is 24.5 Å². The van der Waals surface area contributed by atoms with Gasteiger partial charge in [-0.2, -0.15) is 0 Å². The fourth-order valence-electron chi connectivity index (χ4n) is 2.88. The Morgan fingerprint density at radius 2 is 1.90 bits per heavy atom. The molecule has 2 aliphatic heterocycles. The fraction of sp³-hybridized carbons (Fsp3) is 0.105. The third-order valence-corrected chi connectivity index (χ3v) is 5.47. The Hall–Kier alpha value is -3.57. The summed E-state index contributed by atoms with van der Waals surface area (Å²) in [4.78, 5) is 48.7. The van der Waals surface area contributed by atoms with E-state index in [-0.39, 0.29) is 28.7 Å². The molecule has 2 aromatic carbocycles. The number of nitrogens with one attached hydrogen (secondary N) is 1. The van der Waals surface area contributed by atoms with Crippen LogP contribution in [0.1, 0.15) is 5.56 Å². The lowest BCUT2D eigenvalue weighted by Gasteiger charge is -2.12. The van der Waals surface area contributed by atoms with Crippen LogP contribution < -0.4 is 14.8 Å². The molecule has 1 fully saturated rings. The maximum Gasteiger partial charge on any atom is 0.294 e. The standard InChI is InChI=1S/C19H12ClN3O7S/c20-11-1-3-12(4-2-11)21-17(24)8-22-18(25)16(31-19(22)26)6-10-5-14-15(30-9-29-14)7-13(10)23(27)28/h1-7H,8-9H2,(H,21,24)/b16-6-. The van der Waals surface area contributed by atoms with Crippen LogP contribution in [0.3, 0.4) is 0 Å². The van der Waals surface area contributed by atoms with E-state index in [1.807, 2.05) is 0 Å². The highest BCUT2D eigenvalue weighted by Gasteiger charge is 2.37. The summed E-state index contributed by atoms with van der Waals surface area (Å²) in [6.45, 7) is -0.580. The van der Waals surface area contributed by atoms with E-state index in [1.54, 1.807) is 24.3 Å². The highest BCUT2D eigenvalue weighted by Crippen LogP contribution is 2.40. The van der Waals surface area contributed by atoms with E-state index in [1.165, 1.54) is 18.2 Å². The van der Waals surface area contributed by atoms with Gasteiger partial charge in [0.2, 0.25) is 12.7 Å². The highest BCUT2D eigenvalue weighted by atomic mass is 35.5. The number of anilines is 1. The van der Waals surface area contributed by atoms with E-state index in [0.717, 1.165) is 4.90 Å². The number of benzene rings is 2. The summed E-state index contributed by atoms with van der Waals surface area (Å²) in [7, 11) is 0. The third kappa shape index (κ3) is 4.32. The van der Waals surface area contributed by atoms with Crippen LogP contribution in [-0.2, 0) is 9.59 Å². The molecule has 0 bridgehead atoms. The quantitative estimate of drug-likeness (QED) is 0.406. The molecule has 0 atom stereocenters. The van der Waals surface area contributed by atoms with Crippen LogP contribution in [0.5, 0.6) is 11.5 Å². The lowest BCUT2D eigenvalue weighted by Crippen LogP contribution is -2.36. The van der Waals surface area contributed by atoms with Crippen LogP contribution in [0.15, 0.2) is 41.3 Å². The molecule has 12 heteroatoms. The zero-order chi connectivity index (χ0) is 22.1. The number of amides is 3. The first kappa shape index (κ1) is 20.7. The Morgan fingerprint density at radius 1 is 1.23 bits per heavy atom. The van der Waals surface area contributed by atoms with Crippen LogP contribution in [0.25, 0.3) is 6.08 Å². The van der Waals surface area contributed by atoms with E-state index < -0.39 is 28.5 Å². The number of imide groups is 1. The van der Waals surface area contributed by atoms with Crippen molar-refractivity contribution in [2.24, 2.45) is 0 Å². The average Bonchev–Trinajstić information content (AvgIpc) is 3.28. The van der Waals surface area contributed by atoms with Crippen molar-refractivity contribution in [3.05, 3.63) is 62.0 Å². The zero-order valence-corrected chi connectivity index (χ0v) is 17.1. The minimum Gasteiger partial charge on any atom is -0.454 e. The largest absolute Gasteiger partial charge is 0.454 e. The van der Waals surface area contributed by atoms with Gasteiger partial charge in [0.25, 0.3) is 16.8 Å². The summed E-state index contributed by atoms with van der Waals surface area (Å²) in [6, 6.07) is 8.87. The van der Waals surface area contributed by atoms with Gasteiger partial charge in [-0.25, -0.2) is 0 Å². The normalized spacial score (nSPS) is 16.2. The molecule has 4 rings (SSSR count). The summed E-state index contributed by atoms with van der Waals surface area (Å²) in [6.07, 6.45) is 1.22. The number of halogens is 1. The first-order valence-corrected chi connectivity index (χ1v) is 9.90. The number of nitrogens with zero attached hydrogens (tertiary/aromatic N) is 2. The Labute approximate surface area is 183 Å². The molecule has 2 aromatic rings. The van der Waals surface area contributed by atoms with Gasteiger partial charge in [-0.3, -0.25) is 29.4 Å². The lowest BCUT2D eigenvalue weighted by molar-refractivity contribution is -0.385. The third-order valence-electron chi connectivity index (χ3n) is 4.31. The molecule has 0 aliphatic carbocycles.